The van der Waals surface area contributed by atoms with E-state index >= 15 is 0 Å². The number of aromatic amines is 1. The monoisotopic (exact) mass is 911 g/mol. The number of likely N-dealkylation sites (tertiary alicyclic amines) is 2. The van der Waals surface area contributed by atoms with Gasteiger partial charge in [0.2, 0.25) is 11.8 Å². The molecule has 0 spiro atoms. The van der Waals surface area contributed by atoms with Gasteiger partial charge in [0, 0.05) is 61.8 Å². The zero-order valence-corrected chi connectivity index (χ0v) is 37.3. The number of allylic oxidation sites excluding steroid dienone is 1. The summed E-state index contributed by atoms with van der Waals surface area (Å²) in [4.78, 5) is 70.0. The average molecular weight is 913 g/mol. The summed E-state index contributed by atoms with van der Waals surface area (Å²) in [7, 11) is 2.61. The number of ether oxygens (including phenoxy) is 4. The number of hydrogen-bond donors (Lipinski definition) is 3. The predicted molar refractivity (Wildman–Crippen MR) is 237 cm³/mol. The molecule has 10 rings (SSSR count). The molecular formula is C47H51Cl2N7O8. The van der Waals surface area contributed by atoms with Crippen molar-refractivity contribution in [3.63, 3.8) is 0 Å². The molecule has 1 aromatic heterocycles. The summed E-state index contributed by atoms with van der Waals surface area (Å²) >= 11 is 13.6. The highest BCUT2D eigenvalue weighted by atomic mass is 35.5. The number of methoxy groups -OCH3 is 2. The number of aromatic nitrogens is 2. The first-order valence-electron chi connectivity index (χ1n) is 22.3. The standard InChI is InChI=1S/C47H51Cl2N7O8/c1-61-46(59)52-39(25-9-13-63-14-10-25)44(57)55-35-19-30(35)21-37(55)34-23-32(41(48)50-34)29-7-6-27-17-24(3-5-28(27)18-29)4-8-33-42(49)54-43(51-33)38-22-31-20-36(31)56(38)45(58)40(53-47(60)62-2)26-11-15-64-16-12-26/h3,5-7,17-18,25-26,30-31,35-40H,9-16,19-23H2,1-2H3,(H,51,54)(H,52,59)(H,53,60)/t30-,31-,35-,36-,37?,38+,39+,40+/m1/s1. The van der Waals surface area contributed by atoms with Gasteiger partial charge in [-0.3, -0.25) is 9.59 Å². The highest BCUT2D eigenvalue weighted by Gasteiger charge is 2.58. The van der Waals surface area contributed by atoms with Gasteiger partial charge in [0.05, 0.1) is 26.3 Å². The number of nitrogens with one attached hydrogen (secondary N) is 3. The maximum absolute atomic E-state index is 14.3. The van der Waals surface area contributed by atoms with Crippen LogP contribution in [0.4, 0.5) is 9.59 Å². The van der Waals surface area contributed by atoms with E-state index in [9.17, 15) is 19.2 Å². The highest BCUT2D eigenvalue weighted by molar-refractivity contribution is 6.35. The van der Waals surface area contributed by atoms with Gasteiger partial charge in [-0.2, -0.15) is 0 Å². The van der Waals surface area contributed by atoms with Gasteiger partial charge in [-0.1, -0.05) is 47.3 Å². The number of imidazole rings is 1. The SMILES string of the molecule is COC(=O)N[C@H](C(=O)N1C(C2=NC(Cl)=C(c3ccc4cc(C#Cc5[nH]c([C@@H]6C[C@H]7C[C@H]7N6C(=O)[C@@H](NC(=O)OC)C6CCOCC6)nc5Cl)ccc4c3)C2)C[C@H]2C[C@H]21)C1CCOCC1. The maximum atomic E-state index is 14.3. The molecule has 6 heterocycles. The van der Waals surface area contributed by atoms with Gasteiger partial charge in [-0.25, -0.2) is 19.6 Å². The molecular weight excluding hydrogens is 861 g/mol. The molecule has 1 unspecified atom stereocenters. The third-order valence-electron chi connectivity index (χ3n) is 14.4. The van der Waals surface area contributed by atoms with E-state index in [2.05, 4.69) is 38.5 Å². The molecule has 64 heavy (non-hydrogen) atoms. The van der Waals surface area contributed by atoms with Crippen LogP contribution < -0.4 is 10.6 Å². The van der Waals surface area contributed by atoms with Gasteiger partial charge in [0.25, 0.3) is 0 Å². The van der Waals surface area contributed by atoms with Crippen LogP contribution in [0.3, 0.4) is 0 Å². The molecule has 2 aromatic carbocycles. The minimum Gasteiger partial charge on any atom is -0.453 e. The Kier molecular flexibility index (Phi) is 11.8. The van der Waals surface area contributed by atoms with Crippen molar-refractivity contribution >= 4 is 69.3 Å². The van der Waals surface area contributed by atoms with E-state index in [-0.39, 0.29) is 53.0 Å². The molecule has 336 valence electrons. The minimum absolute atomic E-state index is 0.0420. The number of hydrogen-bond acceptors (Lipinski definition) is 10. The lowest BCUT2D eigenvalue weighted by molar-refractivity contribution is -0.138. The van der Waals surface area contributed by atoms with Gasteiger partial charge >= 0.3 is 12.2 Å². The number of nitrogens with zero attached hydrogens (tertiary/aromatic N) is 4. The van der Waals surface area contributed by atoms with Gasteiger partial charge < -0.3 is 44.4 Å². The van der Waals surface area contributed by atoms with Gasteiger partial charge in [-0.15, -0.1) is 0 Å². The van der Waals surface area contributed by atoms with Crippen LogP contribution in [-0.2, 0) is 28.5 Å². The topological polar surface area (TPSA) is 177 Å². The summed E-state index contributed by atoms with van der Waals surface area (Å²) in [5.74, 6) is 7.43. The number of H-pyrrole nitrogens is 1. The molecule has 6 fully saturated rings. The summed E-state index contributed by atoms with van der Waals surface area (Å²) < 4.78 is 20.9. The Bertz CT molecular complexity index is 2500. The smallest absolute Gasteiger partial charge is 0.407 e. The summed E-state index contributed by atoms with van der Waals surface area (Å²) in [6.07, 6.45) is 5.43. The Morgan fingerprint density at radius 3 is 1.94 bits per heavy atom. The molecule has 2 saturated carbocycles. The van der Waals surface area contributed by atoms with Crippen LogP contribution in [-0.4, -0.2) is 120 Å². The predicted octanol–water partition coefficient (Wildman–Crippen LogP) is 6.32. The van der Waals surface area contributed by atoms with Crippen LogP contribution in [0.1, 0.15) is 86.5 Å². The van der Waals surface area contributed by atoms with Crippen molar-refractivity contribution in [1.29, 1.82) is 0 Å². The molecule has 3 N–H and O–H groups in total. The highest BCUT2D eigenvalue weighted by Crippen LogP contribution is 2.54. The second-order valence-corrected chi connectivity index (χ2v) is 18.8. The number of halogens is 2. The zero-order chi connectivity index (χ0) is 44.2. The maximum Gasteiger partial charge on any atom is 0.407 e. The van der Waals surface area contributed by atoms with Crippen LogP contribution in [0, 0.1) is 35.5 Å². The number of aliphatic imine (C=N–C) groups is 1. The lowest BCUT2D eigenvalue weighted by Crippen LogP contribution is -2.56. The van der Waals surface area contributed by atoms with E-state index < -0.39 is 24.3 Å². The number of carbonyl (C=O) groups is 4. The Morgan fingerprint density at radius 2 is 1.33 bits per heavy atom. The Labute approximate surface area is 380 Å². The molecule has 15 nitrogen and oxygen atoms in total. The number of rotatable bonds is 9. The van der Waals surface area contributed by atoms with E-state index in [1.54, 1.807) is 0 Å². The Morgan fingerprint density at radius 1 is 0.766 bits per heavy atom. The molecule has 4 amide bonds. The number of fused-ring (bicyclic) bond motifs is 3. The van der Waals surface area contributed by atoms with Crippen molar-refractivity contribution in [3.8, 4) is 11.8 Å². The Hall–Kier alpha value is -5.14. The van der Waals surface area contributed by atoms with Crippen LogP contribution in [0.2, 0.25) is 5.15 Å². The van der Waals surface area contributed by atoms with Crippen molar-refractivity contribution in [2.75, 3.05) is 40.6 Å². The molecule has 2 aliphatic carbocycles. The van der Waals surface area contributed by atoms with Gasteiger partial charge in [0.1, 0.15) is 28.8 Å². The fourth-order valence-corrected chi connectivity index (χ4v) is 11.3. The number of piperidine rings is 2. The van der Waals surface area contributed by atoms with Gasteiger partial charge in [0.15, 0.2) is 5.15 Å². The van der Waals surface area contributed by atoms with Crippen LogP contribution in [0.25, 0.3) is 16.3 Å². The number of benzene rings is 2. The second kappa shape index (κ2) is 17.7. The van der Waals surface area contributed by atoms with Gasteiger partial charge in [-0.05, 0) is 115 Å². The van der Waals surface area contributed by atoms with Crippen LogP contribution in [0.15, 0.2) is 46.5 Å². The number of alkyl carbamates (subject to hydrolysis) is 2. The van der Waals surface area contributed by atoms with Crippen molar-refractivity contribution in [1.82, 2.24) is 30.4 Å². The lowest BCUT2D eigenvalue weighted by atomic mass is 9.90. The van der Waals surface area contributed by atoms with E-state index in [1.807, 2.05) is 40.1 Å². The van der Waals surface area contributed by atoms with Crippen LogP contribution in [0.5, 0.6) is 0 Å². The summed E-state index contributed by atoms with van der Waals surface area (Å²) in [6, 6.07) is 10.5. The average Bonchev–Trinajstić information content (AvgIpc) is 4.04. The molecule has 8 atom stereocenters. The fraction of sp³-hybridized carbons (Fsp3) is 0.532. The summed E-state index contributed by atoms with van der Waals surface area (Å²) in [5, 5.41) is 8.33. The lowest BCUT2D eigenvalue weighted by Gasteiger charge is -2.36. The first-order chi connectivity index (χ1) is 31.1. The van der Waals surface area contributed by atoms with Crippen LogP contribution >= 0.6 is 23.2 Å². The Balaban J connectivity index is 0.820. The van der Waals surface area contributed by atoms with Crippen molar-refractivity contribution < 1.29 is 38.1 Å². The quantitative estimate of drug-likeness (QED) is 0.164. The molecule has 3 aromatic rings. The van der Waals surface area contributed by atoms with E-state index in [1.165, 1.54) is 14.2 Å². The molecule has 4 saturated heterocycles. The third kappa shape index (κ3) is 8.34. The first kappa shape index (κ1) is 42.8. The van der Waals surface area contributed by atoms with Crippen molar-refractivity contribution in [2.24, 2.45) is 28.7 Å². The molecule has 5 aliphatic heterocycles. The normalized spacial score (nSPS) is 27.2. The van der Waals surface area contributed by atoms with E-state index in [4.69, 9.17) is 47.1 Å². The number of carbonyl (C=O) groups excluding carboxylic acids is 4. The molecule has 7 aliphatic rings. The molecule has 17 heteroatoms. The number of amides is 4. The minimum atomic E-state index is -0.727. The van der Waals surface area contributed by atoms with Crippen molar-refractivity contribution in [2.45, 2.75) is 94.0 Å². The fourth-order valence-electron chi connectivity index (χ4n) is 10.8. The third-order valence-corrected chi connectivity index (χ3v) is 15.0. The summed E-state index contributed by atoms with van der Waals surface area (Å²) in [6.45, 7) is 2.17. The summed E-state index contributed by atoms with van der Waals surface area (Å²) in [5.41, 5.74) is 3.99. The second-order valence-electron chi connectivity index (χ2n) is 18.1. The van der Waals surface area contributed by atoms with E-state index in [0.717, 1.165) is 58.9 Å². The largest absolute Gasteiger partial charge is 0.453 e. The van der Waals surface area contributed by atoms with Crippen molar-refractivity contribution in [3.05, 3.63) is 69.4 Å². The first-order valence-corrected chi connectivity index (χ1v) is 23.1. The molecule has 0 bridgehead atoms. The van der Waals surface area contributed by atoms with E-state index in [0.29, 0.717) is 87.0 Å². The molecule has 0 radical (unpaired) electrons. The zero-order valence-electron chi connectivity index (χ0n) is 35.7.